The van der Waals surface area contributed by atoms with E-state index in [1.165, 1.54) is 24.3 Å². The maximum Gasteiger partial charge on any atom is 0.416 e. The molecule has 0 heterocycles. The van der Waals surface area contributed by atoms with Gasteiger partial charge in [0.1, 0.15) is 18.9 Å². The Morgan fingerprint density at radius 1 is 0.939 bits per heavy atom. The normalized spacial score (nSPS) is 11.6. The van der Waals surface area contributed by atoms with Crippen molar-refractivity contribution in [3.05, 3.63) is 90.0 Å². The fourth-order valence-electron chi connectivity index (χ4n) is 2.91. The third kappa shape index (κ3) is 6.04. The second kappa shape index (κ2) is 9.95. The summed E-state index contributed by atoms with van der Waals surface area (Å²) in [6.07, 6.45) is -4.73. The third-order valence-corrected chi connectivity index (χ3v) is 6.39. The fraction of sp³-hybridized carbons (Fsp3) is 0.174. The summed E-state index contributed by atoms with van der Waals surface area (Å²) in [4.78, 5) is 11.3. The van der Waals surface area contributed by atoms with Gasteiger partial charge < -0.3 is 9.47 Å². The molecule has 33 heavy (non-hydrogen) atoms. The van der Waals surface area contributed by atoms with Gasteiger partial charge in [-0.05, 0) is 48.0 Å². The molecule has 0 aromatic heterocycles. The molecule has 0 fully saturated rings. The Morgan fingerprint density at radius 2 is 1.61 bits per heavy atom. The fourth-order valence-corrected chi connectivity index (χ4v) is 4.36. The van der Waals surface area contributed by atoms with Crippen molar-refractivity contribution in [2.75, 3.05) is 18.0 Å². The van der Waals surface area contributed by atoms with Crippen molar-refractivity contribution in [1.82, 2.24) is 0 Å². The average molecular weight is 479 g/mol. The van der Waals surface area contributed by atoms with Crippen molar-refractivity contribution in [3.8, 4) is 5.75 Å². The van der Waals surface area contributed by atoms with E-state index in [9.17, 15) is 26.4 Å². The SMILES string of the molecule is COC(=O)CN(c1ccc(OCc2ccccc2)cc1)S(=O)(=O)c1cccc(C(F)(F)F)c1. The number of hydrogen-bond acceptors (Lipinski definition) is 5. The van der Waals surface area contributed by atoms with Crippen LogP contribution in [0.5, 0.6) is 5.75 Å². The van der Waals surface area contributed by atoms with Crippen molar-refractivity contribution in [2.24, 2.45) is 0 Å². The number of carbonyl (C=O) groups is 1. The first-order valence-corrected chi connectivity index (χ1v) is 11.1. The first-order valence-electron chi connectivity index (χ1n) is 9.65. The summed E-state index contributed by atoms with van der Waals surface area (Å²) in [5.41, 5.74) is -0.128. The van der Waals surface area contributed by atoms with E-state index in [1.807, 2.05) is 30.3 Å². The molecule has 0 bridgehead atoms. The van der Waals surface area contributed by atoms with E-state index in [2.05, 4.69) is 4.74 Å². The Morgan fingerprint density at radius 3 is 2.21 bits per heavy atom. The molecule has 0 aliphatic carbocycles. The number of sulfonamides is 1. The molecule has 3 aromatic rings. The van der Waals surface area contributed by atoms with Crippen LogP contribution in [0.2, 0.25) is 0 Å². The highest BCUT2D eigenvalue weighted by molar-refractivity contribution is 7.92. The van der Waals surface area contributed by atoms with E-state index in [0.29, 0.717) is 16.1 Å². The standard InChI is InChI=1S/C23H20F3NO5S/c1-31-22(28)15-27(33(29,30)21-9-5-8-18(14-21)23(24,25)26)19-10-12-20(13-11-19)32-16-17-6-3-2-4-7-17/h2-14H,15-16H2,1H3. The monoisotopic (exact) mass is 479 g/mol. The molecule has 0 amide bonds. The molecular formula is C23H20F3NO5S. The van der Waals surface area contributed by atoms with Gasteiger partial charge in [0.2, 0.25) is 0 Å². The minimum absolute atomic E-state index is 0.0601. The molecule has 174 valence electrons. The Kier molecular flexibility index (Phi) is 7.27. The van der Waals surface area contributed by atoms with Crippen LogP contribution < -0.4 is 9.04 Å². The zero-order valence-electron chi connectivity index (χ0n) is 17.5. The zero-order chi connectivity index (χ0) is 24.1. The topological polar surface area (TPSA) is 72.9 Å². The van der Waals surface area contributed by atoms with E-state index < -0.39 is 39.2 Å². The summed E-state index contributed by atoms with van der Waals surface area (Å²) in [6.45, 7) is -0.437. The van der Waals surface area contributed by atoms with Gasteiger partial charge >= 0.3 is 12.1 Å². The van der Waals surface area contributed by atoms with Gasteiger partial charge in [-0.1, -0.05) is 36.4 Å². The minimum atomic E-state index is -4.73. The maximum absolute atomic E-state index is 13.2. The van der Waals surface area contributed by atoms with Gasteiger partial charge in [-0.3, -0.25) is 9.10 Å². The Hall–Kier alpha value is -3.53. The highest BCUT2D eigenvalue weighted by atomic mass is 32.2. The minimum Gasteiger partial charge on any atom is -0.489 e. The molecule has 6 nitrogen and oxygen atoms in total. The second-order valence-electron chi connectivity index (χ2n) is 6.88. The van der Waals surface area contributed by atoms with Crippen LogP contribution in [0.1, 0.15) is 11.1 Å². The summed E-state index contributed by atoms with van der Waals surface area (Å²) in [5, 5.41) is 0. The van der Waals surface area contributed by atoms with Gasteiger partial charge in [0, 0.05) is 0 Å². The van der Waals surface area contributed by atoms with Gasteiger partial charge in [0.15, 0.2) is 0 Å². The van der Waals surface area contributed by atoms with Crippen LogP contribution in [0.25, 0.3) is 0 Å². The summed E-state index contributed by atoms with van der Waals surface area (Å²) < 4.78 is 76.6. The van der Waals surface area contributed by atoms with E-state index >= 15 is 0 Å². The molecule has 3 aromatic carbocycles. The molecule has 10 heteroatoms. The number of esters is 1. The Balaban J connectivity index is 1.90. The van der Waals surface area contributed by atoms with Crippen LogP contribution in [0.3, 0.4) is 0 Å². The van der Waals surface area contributed by atoms with E-state index in [-0.39, 0.29) is 12.3 Å². The predicted molar refractivity (Wildman–Crippen MR) is 115 cm³/mol. The lowest BCUT2D eigenvalue weighted by Gasteiger charge is -2.24. The number of hydrogen-bond donors (Lipinski definition) is 0. The molecule has 0 atom stereocenters. The Labute approximate surface area is 189 Å². The molecule has 0 N–H and O–H groups in total. The molecule has 0 saturated carbocycles. The van der Waals surface area contributed by atoms with E-state index in [1.54, 1.807) is 0 Å². The lowest BCUT2D eigenvalue weighted by Crippen LogP contribution is -2.36. The first-order chi connectivity index (χ1) is 15.6. The van der Waals surface area contributed by atoms with Gasteiger partial charge in [-0.25, -0.2) is 8.42 Å². The first kappa shape index (κ1) is 24.1. The second-order valence-corrected chi connectivity index (χ2v) is 8.74. The number of benzene rings is 3. The number of halogens is 3. The van der Waals surface area contributed by atoms with Crippen LogP contribution in [0.15, 0.2) is 83.8 Å². The number of ether oxygens (including phenoxy) is 2. The number of anilines is 1. The van der Waals surface area contributed by atoms with Crippen molar-refractivity contribution in [3.63, 3.8) is 0 Å². The smallest absolute Gasteiger partial charge is 0.416 e. The largest absolute Gasteiger partial charge is 0.489 e. The number of carbonyl (C=O) groups excluding carboxylic acids is 1. The van der Waals surface area contributed by atoms with Crippen molar-refractivity contribution < 1.29 is 35.9 Å². The lowest BCUT2D eigenvalue weighted by molar-refractivity contribution is -0.139. The summed E-state index contributed by atoms with van der Waals surface area (Å²) >= 11 is 0. The number of nitrogens with zero attached hydrogens (tertiary/aromatic N) is 1. The van der Waals surface area contributed by atoms with Crippen molar-refractivity contribution in [1.29, 1.82) is 0 Å². The van der Waals surface area contributed by atoms with Crippen LogP contribution in [0.4, 0.5) is 18.9 Å². The molecule has 3 rings (SSSR count). The van der Waals surface area contributed by atoms with Crippen LogP contribution in [-0.4, -0.2) is 28.0 Å². The van der Waals surface area contributed by atoms with Crippen LogP contribution in [-0.2, 0) is 32.3 Å². The molecular weight excluding hydrogens is 459 g/mol. The third-order valence-electron chi connectivity index (χ3n) is 4.62. The Bertz CT molecular complexity index is 1200. The van der Waals surface area contributed by atoms with Gasteiger partial charge in [0.05, 0.1) is 23.3 Å². The highest BCUT2D eigenvalue weighted by Gasteiger charge is 2.33. The van der Waals surface area contributed by atoms with Gasteiger partial charge in [-0.15, -0.1) is 0 Å². The number of alkyl halides is 3. The summed E-state index contributed by atoms with van der Waals surface area (Å²) in [7, 11) is -3.44. The molecule has 0 unspecified atom stereocenters. The van der Waals surface area contributed by atoms with Gasteiger partial charge in [-0.2, -0.15) is 13.2 Å². The maximum atomic E-state index is 13.2. The zero-order valence-corrected chi connectivity index (χ0v) is 18.3. The van der Waals surface area contributed by atoms with Crippen molar-refractivity contribution in [2.45, 2.75) is 17.7 Å². The van der Waals surface area contributed by atoms with Crippen LogP contribution in [0, 0.1) is 0 Å². The van der Waals surface area contributed by atoms with Crippen molar-refractivity contribution >= 4 is 21.7 Å². The molecule has 0 aliphatic heterocycles. The number of methoxy groups -OCH3 is 1. The van der Waals surface area contributed by atoms with E-state index in [4.69, 9.17) is 4.74 Å². The lowest BCUT2D eigenvalue weighted by atomic mass is 10.2. The quantitative estimate of drug-likeness (QED) is 0.440. The van der Waals surface area contributed by atoms with Crippen LogP contribution >= 0.6 is 0 Å². The number of rotatable bonds is 8. The van der Waals surface area contributed by atoms with E-state index in [0.717, 1.165) is 30.9 Å². The molecule has 0 radical (unpaired) electrons. The highest BCUT2D eigenvalue weighted by Crippen LogP contribution is 2.32. The summed E-state index contributed by atoms with van der Waals surface area (Å²) in [5.74, 6) is -0.438. The summed E-state index contributed by atoms with van der Waals surface area (Å²) in [6, 6.07) is 18.5. The average Bonchev–Trinajstić information content (AvgIpc) is 2.81. The predicted octanol–water partition coefficient (Wildman–Crippen LogP) is 4.65. The molecule has 0 aliphatic rings. The molecule has 0 saturated heterocycles. The van der Waals surface area contributed by atoms with Gasteiger partial charge in [0.25, 0.3) is 10.0 Å². The molecule has 0 spiro atoms.